The predicted molar refractivity (Wildman–Crippen MR) is 48.0 cm³/mol. The van der Waals surface area contributed by atoms with E-state index in [0.29, 0.717) is 0 Å². The van der Waals surface area contributed by atoms with E-state index in [1.165, 1.54) is 0 Å². The summed E-state index contributed by atoms with van der Waals surface area (Å²) >= 11 is 3.42. The van der Waals surface area contributed by atoms with Crippen LogP contribution in [0.5, 0.6) is 0 Å². The van der Waals surface area contributed by atoms with Crippen molar-refractivity contribution in [3.63, 3.8) is 0 Å². The van der Waals surface area contributed by atoms with E-state index >= 15 is 0 Å². The Hall–Kier alpha value is -0.380. The number of hydrogen-bond donors (Lipinski definition) is 0. The Bertz CT molecular complexity index is 312. The van der Waals surface area contributed by atoms with Gasteiger partial charge in [0, 0.05) is 4.90 Å². The number of hydrogen-bond acceptors (Lipinski definition) is 2. The van der Waals surface area contributed by atoms with E-state index in [0.717, 1.165) is 12.0 Å². The van der Waals surface area contributed by atoms with Gasteiger partial charge < -0.3 is 4.55 Å². The van der Waals surface area contributed by atoms with Gasteiger partial charge in [-0.1, -0.05) is 24.6 Å². The van der Waals surface area contributed by atoms with Crippen LogP contribution in [0.1, 0.15) is 12.5 Å². The lowest BCUT2D eigenvalue weighted by Gasteiger charge is -2.08. The van der Waals surface area contributed by atoms with Gasteiger partial charge in [0.1, 0.15) is 0 Å². The van der Waals surface area contributed by atoms with Crippen LogP contribution in [0.3, 0.4) is 0 Å². The number of aryl methyl sites for hydroxylation is 1. The summed E-state index contributed by atoms with van der Waals surface area (Å²) in [4.78, 5) is 0.177. The first kappa shape index (κ1) is 9.71. The highest BCUT2D eigenvalue weighted by atomic mass is 35.5. The summed E-state index contributed by atoms with van der Waals surface area (Å²) < 4.78 is 21.2. The molecule has 0 radical (unpaired) electrons. The molecule has 0 amide bonds. The van der Waals surface area contributed by atoms with Gasteiger partial charge in [-0.05, 0) is 35.2 Å². The molecule has 0 aromatic heterocycles. The zero-order valence-corrected chi connectivity index (χ0v) is 8.11. The second kappa shape index (κ2) is 4.03. The molecular formula is C8H8ClO2S-. The fourth-order valence-corrected chi connectivity index (χ4v) is 1.68. The van der Waals surface area contributed by atoms with Crippen molar-refractivity contribution in [1.29, 1.82) is 0 Å². The molecular weight excluding hydrogens is 196 g/mol. The molecule has 0 aliphatic rings. The fraction of sp³-hybridized carbons (Fsp3) is 0.250. The van der Waals surface area contributed by atoms with Gasteiger partial charge in [0.25, 0.3) is 0 Å². The second-order valence-corrected chi connectivity index (χ2v) is 3.67. The highest BCUT2D eigenvalue weighted by Crippen LogP contribution is 2.20. The van der Waals surface area contributed by atoms with Crippen LogP contribution in [0.4, 0.5) is 0 Å². The molecule has 1 atom stereocenters. The predicted octanol–water partition coefficient (Wildman–Crippen LogP) is 2.14. The first-order chi connectivity index (χ1) is 5.65. The molecule has 0 spiro atoms. The first-order valence-electron chi connectivity index (χ1n) is 3.53. The Morgan fingerprint density at radius 2 is 2.25 bits per heavy atom. The van der Waals surface area contributed by atoms with Crippen molar-refractivity contribution >= 4 is 22.7 Å². The summed E-state index contributed by atoms with van der Waals surface area (Å²) in [6.45, 7) is 1.96. The van der Waals surface area contributed by atoms with Crippen molar-refractivity contribution in [3.05, 3.63) is 28.8 Å². The molecule has 0 aliphatic heterocycles. The summed E-state index contributed by atoms with van der Waals surface area (Å²) in [5.74, 6) is 0. The van der Waals surface area contributed by atoms with E-state index in [-0.39, 0.29) is 9.92 Å². The van der Waals surface area contributed by atoms with E-state index in [2.05, 4.69) is 0 Å². The van der Waals surface area contributed by atoms with Crippen LogP contribution < -0.4 is 0 Å². The molecule has 1 aromatic carbocycles. The van der Waals surface area contributed by atoms with Crippen LogP contribution in [0.25, 0.3) is 0 Å². The van der Waals surface area contributed by atoms with Crippen LogP contribution in [-0.4, -0.2) is 8.76 Å². The number of halogens is 1. The molecule has 66 valence electrons. The molecule has 1 rings (SSSR count). The second-order valence-electron chi connectivity index (χ2n) is 2.35. The summed E-state index contributed by atoms with van der Waals surface area (Å²) in [5.41, 5.74) is 0.971. The normalized spacial score (nSPS) is 12.9. The average Bonchev–Trinajstić information content (AvgIpc) is 2.05. The molecule has 0 saturated carbocycles. The maximum Gasteiger partial charge on any atom is 0.0556 e. The highest BCUT2D eigenvalue weighted by Gasteiger charge is 2.00. The van der Waals surface area contributed by atoms with Crippen molar-refractivity contribution in [2.24, 2.45) is 0 Å². The largest absolute Gasteiger partial charge is 0.768 e. The average molecular weight is 204 g/mol. The van der Waals surface area contributed by atoms with Gasteiger partial charge in [0.2, 0.25) is 0 Å². The van der Waals surface area contributed by atoms with Crippen molar-refractivity contribution in [2.75, 3.05) is 0 Å². The van der Waals surface area contributed by atoms with E-state index < -0.39 is 11.1 Å². The van der Waals surface area contributed by atoms with Gasteiger partial charge >= 0.3 is 0 Å². The van der Waals surface area contributed by atoms with Gasteiger partial charge in [-0.25, -0.2) is 0 Å². The summed E-state index contributed by atoms with van der Waals surface area (Å²) in [6, 6.07) is 5.01. The van der Waals surface area contributed by atoms with E-state index in [1.807, 2.05) is 13.0 Å². The number of rotatable bonds is 2. The van der Waals surface area contributed by atoms with E-state index in [9.17, 15) is 8.76 Å². The molecule has 1 unspecified atom stereocenters. The third-order valence-corrected chi connectivity index (χ3v) is 2.72. The molecule has 2 nitrogen and oxygen atoms in total. The fourth-order valence-electron chi connectivity index (χ4n) is 0.895. The van der Waals surface area contributed by atoms with Crippen LogP contribution in [-0.2, 0) is 17.5 Å². The quantitative estimate of drug-likeness (QED) is 0.691. The minimum atomic E-state index is -2.23. The smallest absolute Gasteiger partial charge is 0.0556 e. The maximum atomic E-state index is 10.6. The topological polar surface area (TPSA) is 40.1 Å². The Labute approximate surface area is 78.8 Å². The lowest BCUT2D eigenvalue weighted by atomic mass is 10.2. The van der Waals surface area contributed by atoms with Gasteiger partial charge in [-0.2, -0.15) is 0 Å². The summed E-state index contributed by atoms with van der Waals surface area (Å²) in [7, 11) is 0. The SMILES string of the molecule is CCc1ccc(Cl)c(S(=O)[O-])c1. The van der Waals surface area contributed by atoms with Gasteiger partial charge in [-0.3, -0.25) is 4.21 Å². The van der Waals surface area contributed by atoms with Crippen LogP contribution in [0.2, 0.25) is 5.02 Å². The lowest BCUT2D eigenvalue weighted by molar-refractivity contribution is 0.537. The van der Waals surface area contributed by atoms with Gasteiger partial charge in [0.15, 0.2) is 0 Å². The zero-order valence-electron chi connectivity index (χ0n) is 6.54. The molecule has 0 N–H and O–H groups in total. The molecule has 0 bridgehead atoms. The molecule has 0 saturated heterocycles. The zero-order chi connectivity index (χ0) is 9.14. The van der Waals surface area contributed by atoms with Crippen LogP contribution in [0, 0.1) is 0 Å². The highest BCUT2D eigenvalue weighted by molar-refractivity contribution is 7.79. The monoisotopic (exact) mass is 203 g/mol. The van der Waals surface area contributed by atoms with Crippen molar-refractivity contribution < 1.29 is 8.76 Å². The van der Waals surface area contributed by atoms with E-state index in [4.69, 9.17) is 11.6 Å². The first-order valence-corrected chi connectivity index (χ1v) is 4.98. The Morgan fingerprint density at radius 1 is 1.58 bits per heavy atom. The van der Waals surface area contributed by atoms with Gasteiger partial charge in [-0.15, -0.1) is 0 Å². The summed E-state index contributed by atoms with van der Waals surface area (Å²) in [5, 5.41) is 0.278. The number of benzene rings is 1. The molecule has 12 heavy (non-hydrogen) atoms. The maximum absolute atomic E-state index is 10.6. The van der Waals surface area contributed by atoms with Crippen molar-refractivity contribution in [1.82, 2.24) is 0 Å². The Morgan fingerprint density at radius 3 is 2.75 bits per heavy atom. The Balaban J connectivity index is 3.17. The molecule has 4 heteroatoms. The third-order valence-electron chi connectivity index (χ3n) is 1.58. The summed E-state index contributed by atoms with van der Waals surface area (Å²) in [6.07, 6.45) is 0.807. The molecule has 0 fully saturated rings. The van der Waals surface area contributed by atoms with Crippen molar-refractivity contribution in [2.45, 2.75) is 18.2 Å². The lowest BCUT2D eigenvalue weighted by Crippen LogP contribution is -1.92. The van der Waals surface area contributed by atoms with E-state index in [1.54, 1.807) is 12.1 Å². The molecule has 0 aliphatic carbocycles. The van der Waals surface area contributed by atoms with Crippen LogP contribution in [0.15, 0.2) is 23.1 Å². The van der Waals surface area contributed by atoms with Gasteiger partial charge in [0.05, 0.1) is 5.02 Å². The minimum Gasteiger partial charge on any atom is -0.768 e. The Kier molecular flexibility index (Phi) is 3.26. The van der Waals surface area contributed by atoms with Crippen molar-refractivity contribution in [3.8, 4) is 0 Å². The third kappa shape index (κ3) is 2.06. The molecule has 1 aromatic rings. The minimum absolute atomic E-state index is 0.177. The molecule has 0 heterocycles. The van der Waals surface area contributed by atoms with Crippen LogP contribution >= 0.6 is 11.6 Å². The standard InChI is InChI=1S/C8H9ClO2S/c1-2-6-3-4-7(9)8(5-6)12(10)11/h3-5H,2H2,1H3,(H,10,11)/p-1.